The molecule has 0 aliphatic rings. The van der Waals surface area contributed by atoms with Gasteiger partial charge in [0.05, 0.1) is 16.3 Å². The molecule has 0 aliphatic heterocycles. The summed E-state index contributed by atoms with van der Waals surface area (Å²) < 4.78 is 12.2. The van der Waals surface area contributed by atoms with Gasteiger partial charge in [0.2, 0.25) is 0 Å². The van der Waals surface area contributed by atoms with E-state index in [4.69, 9.17) is 44.3 Å². The smallest absolute Gasteiger partial charge is 0.174 e. The van der Waals surface area contributed by atoms with Crippen molar-refractivity contribution in [2.45, 2.75) is 6.61 Å². The van der Waals surface area contributed by atoms with Crippen molar-refractivity contribution in [1.29, 1.82) is 5.26 Å². The van der Waals surface area contributed by atoms with E-state index in [9.17, 15) is 0 Å². The van der Waals surface area contributed by atoms with Gasteiger partial charge in [0.1, 0.15) is 17.7 Å². The number of benzene rings is 2. The third-order valence-electron chi connectivity index (χ3n) is 3.28. The van der Waals surface area contributed by atoms with E-state index in [2.05, 4.69) is 22.6 Å². The highest BCUT2D eigenvalue weighted by Crippen LogP contribution is 2.35. The molecule has 25 heavy (non-hydrogen) atoms. The lowest BCUT2D eigenvalue weighted by Crippen LogP contribution is -2.09. The monoisotopic (exact) mass is 484 g/mol. The summed E-state index contributed by atoms with van der Waals surface area (Å²) in [6, 6.07) is 13.1. The first kappa shape index (κ1) is 19.5. The third kappa shape index (κ3) is 5.08. The van der Waals surface area contributed by atoms with Gasteiger partial charge in [-0.15, -0.1) is 0 Å². The Balaban J connectivity index is 2.33. The SMILES string of the molecule is COc1cc(/C=C(\C#N)C(N)=S)cc(I)c1OCc1ccccc1Cl. The second-order valence-electron chi connectivity index (χ2n) is 4.95. The fraction of sp³-hybridized carbons (Fsp3) is 0.111. The molecule has 0 heterocycles. The van der Waals surface area contributed by atoms with Crippen LogP contribution in [0, 0.1) is 14.9 Å². The zero-order chi connectivity index (χ0) is 18.4. The number of halogens is 2. The minimum Gasteiger partial charge on any atom is -0.493 e. The average molecular weight is 485 g/mol. The number of methoxy groups -OCH3 is 1. The number of thiocarbonyl (C=S) groups is 1. The Kier molecular flexibility index (Phi) is 7.05. The summed E-state index contributed by atoms with van der Waals surface area (Å²) >= 11 is 13.2. The van der Waals surface area contributed by atoms with Gasteiger partial charge in [0.15, 0.2) is 11.5 Å². The number of rotatable bonds is 6. The summed E-state index contributed by atoms with van der Waals surface area (Å²) in [6.45, 7) is 0.317. The lowest BCUT2D eigenvalue weighted by Gasteiger charge is -2.14. The maximum Gasteiger partial charge on any atom is 0.174 e. The molecule has 7 heteroatoms. The van der Waals surface area contributed by atoms with Crippen molar-refractivity contribution in [3.05, 3.63) is 61.7 Å². The minimum atomic E-state index is 0.0514. The van der Waals surface area contributed by atoms with Gasteiger partial charge in [-0.2, -0.15) is 5.26 Å². The Morgan fingerprint density at radius 2 is 2.12 bits per heavy atom. The Morgan fingerprint density at radius 3 is 2.72 bits per heavy atom. The third-order valence-corrected chi connectivity index (χ3v) is 4.67. The largest absolute Gasteiger partial charge is 0.493 e. The van der Waals surface area contributed by atoms with Crippen LogP contribution in [0.2, 0.25) is 5.02 Å². The van der Waals surface area contributed by atoms with Crippen molar-refractivity contribution in [3.63, 3.8) is 0 Å². The molecule has 4 nitrogen and oxygen atoms in total. The Bertz CT molecular complexity index is 878. The zero-order valence-electron chi connectivity index (χ0n) is 13.3. The van der Waals surface area contributed by atoms with Gasteiger partial charge in [0, 0.05) is 10.6 Å². The van der Waals surface area contributed by atoms with Gasteiger partial charge in [0.25, 0.3) is 0 Å². The topological polar surface area (TPSA) is 68.3 Å². The summed E-state index contributed by atoms with van der Waals surface area (Å²) in [4.78, 5) is 0.0514. The number of hydrogen-bond donors (Lipinski definition) is 1. The lowest BCUT2D eigenvalue weighted by molar-refractivity contribution is 0.282. The first-order valence-electron chi connectivity index (χ1n) is 7.11. The van der Waals surface area contributed by atoms with Gasteiger partial charge in [-0.3, -0.25) is 0 Å². The summed E-state index contributed by atoms with van der Waals surface area (Å²) in [5.74, 6) is 1.15. The summed E-state index contributed by atoms with van der Waals surface area (Å²) in [5.41, 5.74) is 7.39. The molecule has 0 saturated carbocycles. The number of nitrogens with two attached hydrogens (primary N) is 1. The highest BCUT2D eigenvalue weighted by Gasteiger charge is 2.13. The van der Waals surface area contributed by atoms with Crippen LogP contribution in [-0.2, 0) is 6.61 Å². The molecule has 0 spiro atoms. The van der Waals surface area contributed by atoms with Gasteiger partial charge in [-0.25, -0.2) is 0 Å². The fourth-order valence-corrected chi connectivity index (χ4v) is 3.13. The molecule has 0 fully saturated rings. The molecule has 0 unspecified atom stereocenters. The van der Waals surface area contributed by atoms with Crippen LogP contribution in [0.15, 0.2) is 42.0 Å². The first-order valence-corrected chi connectivity index (χ1v) is 8.98. The molecule has 2 rings (SSSR count). The van der Waals surface area contributed by atoms with Crippen LogP contribution in [0.3, 0.4) is 0 Å². The molecule has 0 radical (unpaired) electrons. The molecule has 2 aromatic carbocycles. The molecule has 0 aliphatic carbocycles. The predicted molar refractivity (Wildman–Crippen MR) is 112 cm³/mol. The van der Waals surface area contributed by atoms with E-state index >= 15 is 0 Å². The second-order valence-corrected chi connectivity index (χ2v) is 6.96. The van der Waals surface area contributed by atoms with E-state index in [0.717, 1.165) is 14.7 Å². The molecule has 2 N–H and O–H groups in total. The van der Waals surface area contributed by atoms with Crippen molar-refractivity contribution in [2.24, 2.45) is 5.73 Å². The number of nitriles is 1. The first-order chi connectivity index (χ1) is 12.0. The van der Waals surface area contributed by atoms with Crippen LogP contribution in [0.4, 0.5) is 0 Å². The van der Waals surface area contributed by atoms with E-state index in [1.54, 1.807) is 19.3 Å². The van der Waals surface area contributed by atoms with Gasteiger partial charge in [-0.1, -0.05) is 42.0 Å². The van der Waals surface area contributed by atoms with Crippen molar-refractivity contribution in [1.82, 2.24) is 0 Å². The molecule has 0 saturated heterocycles. The summed E-state index contributed by atoms with van der Waals surface area (Å²) in [6.07, 6.45) is 1.62. The van der Waals surface area contributed by atoms with Crippen molar-refractivity contribution < 1.29 is 9.47 Å². The standard InChI is InChI=1S/C18H14ClIN2O2S/c1-23-16-8-11(6-13(9-21)18(22)25)7-15(20)17(16)24-10-12-4-2-3-5-14(12)19/h2-8H,10H2,1H3,(H2,22,25)/b13-6+. The van der Waals surface area contributed by atoms with Crippen molar-refractivity contribution in [3.8, 4) is 17.6 Å². The number of hydrogen-bond acceptors (Lipinski definition) is 4. The number of nitrogens with zero attached hydrogens (tertiary/aromatic N) is 1. The maximum atomic E-state index is 9.09. The predicted octanol–water partition coefficient (Wildman–Crippen LogP) is 4.73. The average Bonchev–Trinajstić information content (AvgIpc) is 2.59. The lowest BCUT2D eigenvalue weighted by atomic mass is 10.1. The fourth-order valence-electron chi connectivity index (χ4n) is 2.05. The van der Waals surface area contributed by atoms with Crippen molar-refractivity contribution in [2.75, 3.05) is 7.11 Å². The highest BCUT2D eigenvalue weighted by atomic mass is 127. The molecular formula is C18H14ClIN2O2S. The van der Waals surface area contributed by atoms with Crippen molar-refractivity contribution >= 4 is 57.5 Å². The van der Waals surface area contributed by atoms with Crippen LogP contribution in [0.25, 0.3) is 6.08 Å². The highest BCUT2D eigenvalue weighted by molar-refractivity contribution is 14.1. The Hall–Kier alpha value is -1.82. The van der Waals surface area contributed by atoms with E-state index < -0.39 is 0 Å². The van der Waals surface area contributed by atoms with Gasteiger partial charge in [-0.05, 0) is 52.4 Å². The van der Waals surface area contributed by atoms with E-state index in [1.807, 2.05) is 36.4 Å². The quantitative estimate of drug-likeness (QED) is 0.278. The molecular weight excluding hydrogens is 471 g/mol. The second kappa shape index (κ2) is 9.04. The molecule has 0 bridgehead atoms. The molecule has 2 aromatic rings. The van der Waals surface area contributed by atoms with Gasteiger partial charge < -0.3 is 15.2 Å². The maximum absolute atomic E-state index is 9.09. The Morgan fingerprint density at radius 1 is 1.40 bits per heavy atom. The summed E-state index contributed by atoms with van der Waals surface area (Å²) in [7, 11) is 1.56. The molecule has 0 atom stereocenters. The van der Waals surface area contributed by atoms with E-state index in [0.29, 0.717) is 23.1 Å². The van der Waals surface area contributed by atoms with E-state index in [-0.39, 0.29) is 10.6 Å². The zero-order valence-corrected chi connectivity index (χ0v) is 17.0. The summed E-state index contributed by atoms with van der Waals surface area (Å²) in [5, 5.41) is 9.73. The number of ether oxygens (including phenoxy) is 2. The van der Waals surface area contributed by atoms with Crippen LogP contribution >= 0.6 is 46.4 Å². The normalized spacial score (nSPS) is 10.9. The minimum absolute atomic E-state index is 0.0514. The molecule has 128 valence electrons. The Labute approximate surface area is 170 Å². The van der Waals surface area contributed by atoms with E-state index in [1.165, 1.54) is 0 Å². The molecule has 0 aromatic heterocycles. The van der Waals surface area contributed by atoms with Gasteiger partial charge >= 0.3 is 0 Å². The van der Waals surface area contributed by atoms with Crippen LogP contribution in [-0.4, -0.2) is 12.1 Å². The van der Waals surface area contributed by atoms with Crippen LogP contribution in [0.5, 0.6) is 11.5 Å². The van der Waals surface area contributed by atoms with Crippen LogP contribution in [0.1, 0.15) is 11.1 Å². The van der Waals surface area contributed by atoms with Crippen LogP contribution < -0.4 is 15.2 Å². The molecule has 0 amide bonds.